The first kappa shape index (κ1) is 32.9. The van der Waals surface area contributed by atoms with Crippen LogP contribution in [0.2, 0.25) is 0 Å². The maximum Gasteiger partial charge on any atom is 0.270 e. The standard InChI is InChI=1S/C48H30N4S2/c1-50-43(32-49)48-39-24-22-33(44-26-28-46(53-44)51(35-14-6-2-7-15-35)36-16-8-3-9-17-36)30-41(39)42-31-34(23-25-40(42)48)45-27-29-47(54-45)52(37-18-10-4-11-19-37)38-20-12-5-13-21-38/h2-31H. The number of rotatable bonds is 8. The molecule has 4 nitrogen and oxygen atoms in total. The Labute approximate surface area is 322 Å². The maximum atomic E-state index is 10.1. The Kier molecular flexibility index (Phi) is 8.67. The van der Waals surface area contributed by atoms with Crippen molar-refractivity contribution in [3.8, 4) is 38.1 Å². The van der Waals surface area contributed by atoms with Crippen LogP contribution in [-0.2, 0) is 0 Å². The lowest BCUT2D eigenvalue weighted by atomic mass is 10.00. The number of nitrogens with zero attached hydrogens (tertiary/aromatic N) is 4. The molecule has 0 saturated carbocycles. The summed E-state index contributed by atoms with van der Waals surface area (Å²) in [6.45, 7) is 7.87. The molecule has 1 aliphatic rings. The third kappa shape index (κ3) is 5.96. The molecular weight excluding hydrogens is 697 g/mol. The number of hydrogen-bond donors (Lipinski definition) is 0. The second kappa shape index (κ2) is 14.2. The third-order valence-electron chi connectivity index (χ3n) is 9.57. The van der Waals surface area contributed by atoms with Gasteiger partial charge in [-0.25, -0.2) is 10.1 Å². The van der Waals surface area contributed by atoms with Gasteiger partial charge in [-0.3, -0.25) is 0 Å². The molecule has 8 aromatic rings. The minimum absolute atomic E-state index is 0.107. The second-order valence-electron chi connectivity index (χ2n) is 12.8. The van der Waals surface area contributed by atoms with Crippen molar-refractivity contribution >= 4 is 61.0 Å². The maximum absolute atomic E-state index is 10.1. The Morgan fingerprint density at radius 2 is 0.833 bits per heavy atom. The molecule has 6 heteroatoms. The molecule has 0 atom stereocenters. The van der Waals surface area contributed by atoms with Gasteiger partial charge in [0.25, 0.3) is 5.70 Å². The number of fused-ring (bicyclic) bond motifs is 3. The van der Waals surface area contributed by atoms with Gasteiger partial charge in [0.1, 0.15) is 10.0 Å². The first-order valence-electron chi connectivity index (χ1n) is 17.5. The van der Waals surface area contributed by atoms with Crippen LogP contribution in [-0.4, -0.2) is 0 Å². The monoisotopic (exact) mass is 726 g/mol. The van der Waals surface area contributed by atoms with Crippen molar-refractivity contribution in [3.05, 3.63) is 210 Å². The molecule has 2 aromatic heterocycles. The first-order chi connectivity index (χ1) is 26.7. The number of allylic oxidation sites excluding steroid dienone is 1. The first-order valence-corrected chi connectivity index (χ1v) is 19.2. The summed E-state index contributed by atoms with van der Waals surface area (Å²) in [5.74, 6) is 0. The summed E-state index contributed by atoms with van der Waals surface area (Å²) in [6.07, 6.45) is 0. The minimum atomic E-state index is 0.107. The summed E-state index contributed by atoms with van der Waals surface area (Å²) < 4.78 is 0. The number of benzene rings is 6. The number of anilines is 6. The third-order valence-corrected chi connectivity index (χ3v) is 11.8. The normalized spacial score (nSPS) is 11.3. The molecule has 0 saturated heterocycles. The minimum Gasteiger partial charge on any atom is -0.302 e. The van der Waals surface area contributed by atoms with Crippen LogP contribution >= 0.6 is 22.7 Å². The average Bonchev–Trinajstić information content (AvgIpc) is 3.99. The van der Waals surface area contributed by atoms with Gasteiger partial charge in [0.15, 0.2) is 0 Å². The van der Waals surface area contributed by atoms with Gasteiger partial charge in [0.2, 0.25) is 0 Å². The van der Waals surface area contributed by atoms with Crippen LogP contribution in [0.15, 0.2) is 188 Å². The van der Waals surface area contributed by atoms with E-state index in [2.05, 4.69) is 178 Å². The lowest BCUT2D eigenvalue weighted by Crippen LogP contribution is -2.07. The molecule has 0 fully saturated rings. The summed E-state index contributed by atoms with van der Waals surface area (Å²) >= 11 is 3.48. The van der Waals surface area contributed by atoms with E-state index in [9.17, 15) is 5.26 Å². The topological polar surface area (TPSA) is 34.6 Å². The highest BCUT2D eigenvalue weighted by Crippen LogP contribution is 2.51. The van der Waals surface area contributed by atoms with Crippen molar-refractivity contribution in [1.29, 1.82) is 5.26 Å². The Morgan fingerprint density at radius 3 is 1.17 bits per heavy atom. The molecule has 6 aromatic carbocycles. The molecule has 0 radical (unpaired) electrons. The van der Waals surface area contributed by atoms with E-state index in [1.165, 1.54) is 0 Å². The number of thiophene rings is 2. The van der Waals surface area contributed by atoms with Crippen LogP contribution in [0, 0.1) is 17.9 Å². The average molecular weight is 727 g/mol. The molecule has 0 unspecified atom stereocenters. The lowest BCUT2D eigenvalue weighted by Gasteiger charge is -2.23. The van der Waals surface area contributed by atoms with Crippen molar-refractivity contribution in [2.45, 2.75) is 0 Å². The molecule has 254 valence electrons. The van der Waals surface area contributed by atoms with Crippen molar-refractivity contribution < 1.29 is 0 Å². The molecular formula is C48H30N4S2. The fraction of sp³-hybridized carbons (Fsp3) is 0. The highest BCUT2D eigenvalue weighted by atomic mass is 32.1. The van der Waals surface area contributed by atoms with Crippen molar-refractivity contribution in [1.82, 2.24) is 0 Å². The summed E-state index contributed by atoms with van der Waals surface area (Å²) in [7, 11) is 0. The molecule has 9 rings (SSSR count). The van der Waals surface area contributed by atoms with Gasteiger partial charge in [-0.1, -0.05) is 97.1 Å². The quantitative estimate of drug-likeness (QED) is 0.115. The molecule has 2 heterocycles. The predicted octanol–water partition coefficient (Wildman–Crippen LogP) is 14.3. The Morgan fingerprint density at radius 1 is 0.463 bits per heavy atom. The van der Waals surface area contributed by atoms with Gasteiger partial charge in [-0.15, -0.1) is 22.7 Å². The molecule has 0 spiro atoms. The summed E-state index contributed by atoms with van der Waals surface area (Å²) in [4.78, 5) is 10.5. The van der Waals surface area contributed by atoms with Crippen LogP contribution < -0.4 is 9.80 Å². The van der Waals surface area contributed by atoms with E-state index < -0.39 is 0 Å². The SMILES string of the molecule is [C-]#[N+]C(C#N)=C1c2ccc(-c3ccc(N(c4ccccc4)c4ccccc4)s3)cc2-c2cc(-c3ccc(N(c4ccccc4)c4ccccc4)s3)ccc21. The van der Waals surface area contributed by atoms with E-state index in [0.717, 1.165) is 75.9 Å². The molecule has 54 heavy (non-hydrogen) atoms. The molecule has 0 bridgehead atoms. The fourth-order valence-corrected chi connectivity index (χ4v) is 9.22. The Hall–Kier alpha value is -6.96. The summed E-state index contributed by atoms with van der Waals surface area (Å²) in [5, 5.41) is 12.3. The predicted molar refractivity (Wildman–Crippen MR) is 226 cm³/mol. The van der Waals surface area contributed by atoms with Crippen LogP contribution in [0.25, 0.3) is 42.4 Å². The van der Waals surface area contributed by atoms with E-state index >= 15 is 0 Å². The van der Waals surface area contributed by atoms with E-state index in [0.29, 0.717) is 5.57 Å². The van der Waals surface area contributed by atoms with E-state index in [1.54, 1.807) is 22.7 Å². The lowest BCUT2D eigenvalue weighted by molar-refractivity contribution is 1.32. The molecule has 0 amide bonds. The molecule has 1 aliphatic carbocycles. The highest BCUT2D eigenvalue weighted by Gasteiger charge is 2.28. The van der Waals surface area contributed by atoms with Crippen LogP contribution in [0.5, 0.6) is 0 Å². The molecule has 0 N–H and O–H groups in total. The molecule has 0 aliphatic heterocycles. The Balaban J connectivity index is 1.12. The van der Waals surface area contributed by atoms with Gasteiger partial charge in [-0.05, 0) is 118 Å². The van der Waals surface area contributed by atoms with E-state index in [1.807, 2.05) is 24.3 Å². The zero-order valence-electron chi connectivity index (χ0n) is 28.9. The van der Waals surface area contributed by atoms with E-state index in [-0.39, 0.29) is 5.70 Å². The van der Waals surface area contributed by atoms with Gasteiger partial charge in [-0.2, -0.15) is 0 Å². The van der Waals surface area contributed by atoms with Crippen LogP contribution in [0.1, 0.15) is 11.1 Å². The zero-order valence-corrected chi connectivity index (χ0v) is 30.6. The van der Waals surface area contributed by atoms with Gasteiger partial charge < -0.3 is 9.80 Å². The number of para-hydroxylation sites is 4. The fourth-order valence-electron chi connectivity index (χ4n) is 7.14. The highest BCUT2D eigenvalue weighted by molar-refractivity contribution is 7.20. The van der Waals surface area contributed by atoms with Gasteiger partial charge in [0.05, 0.1) is 12.6 Å². The summed E-state index contributed by atoms with van der Waals surface area (Å²) in [6, 6.07) is 65.5. The van der Waals surface area contributed by atoms with Crippen molar-refractivity contribution in [2.75, 3.05) is 9.80 Å². The van der Waals surface area contributed by atoms with Crippen molar-refractivity contribution in [2.24, 2.45) is 0 Å². The van der Waals surface area contributed by atoms with Gasteiger partial charge >= 0.3 is 0 Å². The second-order valence-corrected chi connectivity index (χ2v) is 14.9. The van der Waals surface area contributed by atoms with Crippen molar-refractivity contribution in [3.63, 3.8) is 0 Å². The smallest absolute Gasteiger partial charge is 0.270 e. The Bertz CT molecular complexity index is 2470. The summed E-state index contributed by atoms with van der Waals surface area (Å²) in [5.41, 5.74) is 11.2. The zero-order chi connectivity index (χ0) is 36.4. The number of hydrogen-bond acceptors (Lipinski definition) is 5. The van der Waals surface area contributed by atoms with Gasteiger partial charge in [0, 0.05) is 38.1 Å². The van der Waals surface area contributed by atoms with Crippen LogP contribution in [0.3, 0.4) is 0 Å². The van der Waals surface area contributed by atoms with E-state index in [4.69, 9.17) is 6.57 Å². The largest absolute Gasteiger partial charge is 0.302 e. The number of nitriles is 1. The van der Waals surface area contributed by atoms with Crippen LogP contribution in [0.4, 0.5) is 32.8 Å².